The van der Waals surface area contributed by atoms with E-state index in [0.717, 1.165) is 29.1 Å². The number of nitrogens with one attached hydrogen (secondary N) is 2. The van der Waals surface area contributed by atoms with E-state index in [4.69, 9.17) is 11.6 Å². The second-order valence-corrected chi connectivity index (χ2v) is 8.18. The maximum Gasteiger partial charge on any atom is 0.240 e. The fourth-order valence-corrected chi connectivity index (χ4v) is 4.32. The third kappa shape index (κ3) is 3.72. The maximum absolute atomic E-state index is 13.1. The SMILES string of the molecule is CCc1nnc2n1N[C@@H](c1ccc(Cl)cc1)[C@@H](C(=O)Nc1ccc(C)cc1)S2. The number of hydrogen-bond donors (Lipinski definition) is 2. The Balaban J connectivity index is 1.66. The average Bonchev–Trinajstić information content (AvgIpc) is 3.11. The lowest BCUT2D eigenvalue weighted by Crippen LogP contribution is -2.41. The van der Waals surface area contributed by atoms with E-state index in [-0.39, 0.29) is 11.9 Å². The van der Waals surface area contributed by atoms with Crippen molar-refractivity contribution in [3.05, 3.63) is 70.5 Å². The van der Waals surface area contributed by atoms with E-state index in [1.54, 1.807) is 0 Å². The number of thioether (sulfide) groups is 1. The van der Waals surface area contributed by atoms with Gasteiger partial charge in [-0.05, 0) is 36.8 Å². The van der Waals surface area contributed by atoms with Crippen LogP contribution < -0.4 is 10.7 Å². The van der Waals surface area contributed by atoms with Crippen LogP contribution in [0.3, 0.4) is 0 Å². The van der Waals surface area contributed by atoms with Gasteiger partial charge in [0.1, 0.15) is 5.25 Å². The highest BCUT2D eigenvalue weighted by atomic mass is 35.5. The fourth-order valence-electron chi connectivity index (χ4n) is 3.10. The lowest BCUT2D eigenvalue weighted by molar-refractivity contribution is -0.116. The van der Waals surface area contributed by atoms with Crippen LogP contribution in [-0.4, -0.2) is 26.0 Å². The molecule has 4 rings (SSSR count). The average molecular weight is 414 g/mol. The molecule has 6 nitrogen and oxygen atoms in total. The molecule has 28 heavy (non-hydrogen) atoms. The number of benzene rings is 2. The summed E-state index contributed by atoms with van der Waals surface area (Å²) < 4.78 is 1.87. The number of halogens is 1. The summed E-state index contributed by atoms with van der Waals surface area (Å²) in [5, 5.41) is 12.4. The molecule has 2 heterocycles. The van der Waals surface area contributed by atoms with E-state index in [1.807, 2.05) is 67.1 Å². The fraction of sp³-hybridized carbons (Fsp3) is 0.250. The van der Waals surface area contributed by atoms with Crippen LogP contribution >= 0.6 is 23.4 Å². The molecule has 0 bridgehead atoms. The van der Waals surface area contributed by atoms with E-state index >= 15 is 0 Å². The summed E-state index contributed by atoms with van der Waals surface area (Å²) in [7, 11) is 0. The Morgan fingerprint density at radius 3 is 2.57 bits per heavy atom. The minimum absolute atomic E-state index is 0.0893. The van der Waals surface area contributed by atoms with Crippen molar-refractivity contribution in [3.8, 4) is 0 Å². The highest BCUT2D eigenvalue weighted by molar-refractivity contribution is 8.00. The molecule has 1 aliphatic heterocycles. The third-order valence-electron chi connectivity index (χ3n) is 4.63. The summed E-state index contributed by atoms with van der Waals surface area (Å²) in [6.07, 6.45) is 0.744. The minimum atomic E-state index is -0.413. The Morgan fingerprint density at radius 1 is 1.18 bits per heavy atom. The van der Waals surface area contributed by atoms with Crippen LogP contribution in [0.5, 0.6) is 0 Å². The van der Waals surface area contributed by atoms with Gasteiger partial charge in [-0.3, -0.25) is 4.79 Å². The Kier molecular flexibility index (Phi) is 5.28. The van der Waals surface area contributed by atoms with Crippen molar-refractivity contribution in [1.82, 2.24) is 14.9 Å². The predicted molar refractivity (Wildman–Crippen MR) is 112 cm³/mol. The minimum Gasteiger partial charge on any atom is -0.325 e. The Morgan fingerprint density at radius 2 is 1.89 bits per heavy atom. The monoisotopic (exact) mass is 413 g/mol. The van der Waals surface area contributed by atoms with Crippen molar-refractivity contribution in [1.29, 1.82) is 0 Å². The number of aryl methyl sites for hydroxylation is 2. The summed E-state index contributed by atoms with van der Waals surface area (Å²) in [5.74, 6) is 0.743. The first-order chi connectivity index (χ1) is 13.5. The first-order valence-corrected chi connectivity index (χ1v) is 10.3. The van der Waals surface area contributed by atoms with E-state index in [2.05, 4.69) is 20.9 Å². The first kappa shape index (κ1) is 18.8. The second kappa shape index (κ2) is 7.85. The van der Waals surface area contributed by atoms with Gasteiger partial charge in [0, 0.05) is 17.1 Å². The summed E-state index contributed by atoms with van der Waals surface area (Å²) >= 11 is 7.46. The van der Waals surface area contributed by atoms with Crippen molar-refractivity contribution in [3.63, 3.8) is 0 Å². The molecule has 0 unspecified atom stereocenters. The number of anilines is 1. The van der Waals surface area contributed by atoms with Crippen LogP contribution in [0.4, 0.5) is 5.69 Å². The van der Waals surface area contributed by atoms with Crippen LogP contribution in [0.15, 0.2) is 53.7 Å². The molecule has 0 fully saturated rings. The van der Waals surface area contributed by atoms with E-state index in [9.17, 15) is 4.79 Å². The molecular formula is C20H20ClN5OS. The number of carbonyl (C=O) groups excluding carboxylic acids is 1. The zero-order chi connectivity index (χ0) is 19.7. The molecule has 2 aromatic carbocycles. The number of carbonyl (C=O) groups is 1. The van der Waals surface area contributed by atoms with Gasteiger partial charge in [-0.1, -0.05) is 60.1 Å². The number of amides is 1. The summed E-state index contributed by atoms with van der Waals surface area (Å²) in [4.78, 5) is 13.1. The van der Waals surface area contributed by atoms with Crippen LogP contribution in [0.2, 0.25) is 5.02 Å². The van der Waals surface area contributed by atoms with Crippen LogP contribution in [0.1, 0.15) is 29.9 Å². The molecule has 2 N–H and O–H groups in total. The van der Waals surface area contributed by atoms with Crippen molar-refractivity contribution in [2.45, 2.75) is 36.7 Å². The van der Waals surface area contributed by atoms with Crippen LogP contribution in [0, 0.1) is 6.92 Å². The summed E-state index contributed by atoms with van der Waals surface area (Å²) in [6.45, 7) is 4.04. The molecular weight excluding hydrogens is 394 g/mol. The van der Waals surface area contributed by atoms with Gasteiger partial charge in [0.15, 0.2) is 5.82 Å². The maximum atomic E-state index is 13.1. The molecule has 1 aromatic heterocycles. The molecule has 0 saturated carbocycles. The molecule has 0 aliphatic carbocycles. The number of rotatable bonds is 4. The van der Waals surface area contributed by atoms with Gasteiger partial charge in [-0.25, -0.2) is 4.68 Å². The van der Waals surface area contributed by atoms with Gasteiger partial charge < -0.3 is 10.7 Å². The summed E-state index contributed by atoms with van der Waals surface area (Å²) in [5.41, 5.74) is 6.31. The largest absolute Gasteiger partial charge is 0.325 e. The Bertz CT molecular complexity index is 987. The number of aromatic nitrogens is 3. The van der Waals surface area contributed by atoms with Gasteiger partial charge in [0.2, 0.25) is 11.1 Å². The van der Waals surface area contributed by atoms with Gasteiger partial charge in [-0.2, -0.15) is 0 Å². The van der Waals surface area contributed by atoms with Crippen molar-refractivity contribution < 1.29 is 4.79 Å². The quantitative estimate of drug-likeness (QED) is 0.670. The smallest absolute Gasteiger partial charge is 0.240 e. The number of nitrogens with zero attached hydrogens (tertiary/aromatic N) is 3. The highest BCUT2D eigenvalue weighted by Crippen LogP contribution is 2.37. The molecule has 1 amide bonds. The molecule has 144 valence electrons. The second-order valence-electron chi connectivity index (χ2n) is 6.64. The summed E-state index contributed by atoms with van der Waals surface area (Å²) in [6, 6.07) is 15.1. The van der Waals surface area contributed by atoms with Crippen molar-refractivity contribution >= 4 is 35.0 Å². The van der Waals surface area contributed by atoms with E-state index in [0.29, 0.717) is 10.2 Å². The predicted octanol–water partition coefficient (Wildman–Crippen LogP) is 4.20. The third-order valence-corrected chi connectivity index (χ3v) is 6.09. The lowest BCUT2D eigenvalue weighted by Gasteiger charge is -2.33. The normalized spacial score (nSPS) is 18.2. The molecule has 8 heteroatoms. The zero-order valence-electron chi connectivity index (χ0n) is 15.5. The number of hydrogen-bond acceptors (Lipinski definition) is 5. The Labute approximate surface area is 172 Å². The van der Waals surface area contributed by atoms with Crippen molar-refractivity contribution in [2.24, 2.45) is 0 Å². The highest BCUT2D eigenvalue weighted by Gasteiger charge is 2.37. The molecule has 0 spiro atoms. The van der Waals surface area contributed by atoms with E-state index < -0.39 is 5.25 Å². The lowest BCUT2D eigenvalue weighted by atomic mass is 10.0. The van der Waals surface area contributed by atoms with Gasteiger partial charge in [-0.15, -0.1) is 10.2 Å². The zero-order valence-corrected chi connectivity index (χ0v) is 17.1. The molecule has 3 aromatic rings. The van der Waals surface area contributed by atoms with Gasteiger partial charge in [0.05, 0.1) is 6.04 Å². The van der Waals surface area contributed by atoms with Gasteiger partial charge in [0.25, 0.3) is 0 Å². The molecule has 1 aliphatic rings. The first-order valence-electron chi connectivity index (χ1n) is 9.05. The molecule has 0 saturated heterocycles. The van der Waals surface area contributed by atoms with Crippen LogP contribution in [-0.2, 0) is 11.2 Å². The van der Waals surface area contributed by atoms with Crippen molar-refractivity contribution in [2.75, 3.05) is 10.7 Å². The molecule has 2 atom stereocenters. The van der Waals surface area contributed by atoms with Gasteiger partial charge >= 0.3 is 0 Å². The topological polar surface area (TPSA) is 71.8 Å². The Hall–Kier alpha value is -2.51. The molecule has 0 radical (unpaired) electrons. The van der Waals surface area contributed by atoms with E-state index in [1.165, 1.54) is 11.8 Å². The van der Waals surface area contributed by atoms with Crippen LogP contribution in [0.25, 0.3) is 0 Å². The number of fused-ring (bicyclic) bond motifs is 1. The standard InChI is InChI=1S/C20H20ClN5OS/c1-3-16-23-24-20-26(16)25-17(13-6-8-14(21)9-7-13)18(28-20)19(27)22-15-10-4-12(2)5-11-15/h4-11,17-18,25H,3H2,1-2H3,(H,22,27)/t17-,18-/m0/s1.